The lowest BCUT2D eigenvalue weighted by atomic mass is 10.1. The molecule has 0 unspecified atom stereocenters. The van der Waals surface area contributed by atoms with Crippen molar-refractivity contribution in [1.29, 1.82) is 0 Å². The van der Waals surface area contributed by atoms with Crippen molar-refractivity contribution in [1.82, 2.24) is 14.9 Å². The summed E-state index contributed by atoms with van der Waals surface area (Å²) >= 11 is 0. The molecule has 1 aromatic heterocycles. The smallest absolute Gasteiger partial charge is 0.295 e. The first-order valence-electron chi connectivity index (χ1n) is 6.87. The topological polar surface area (TPSA) is 74.5 Å². The number of nitrogens with one attached hydrogen (secondary N) is 1. The van der Waals surface area contributed by atoms with Crippen LogP contribution in [-0.4, -0.2) is 53.0 Å². The van der Waals surface area contributed by atoms with Crippen LogP contribution in [-0.2, 0) is 0 Å². The van der Waals surface area contributed by atoms with Crippen LogP contribution in [0.4, 0.5) is 11.4 Å². The first kappa shape index (κ1) is 13.7. The molecular weight excluding hydrogens is 270 g/mol. The zero-order valence-corrected chi connectivity index (χ0v) is 11.8. The lowest BCUT2D eigenvalue weighted by molar-refractivity contribution is -0.383. The summed E-state index contributed by atoms with van der Waals surface area (Å²) in [6, 6.07) is 6.91. The molecule has 1 aliphatic heterocycles. The van der Waals surface area contributed by atoms with Crippen LogP contribution in [0, 0.1) is 10.1 Å². The first-order chi connectivity index (χ1) is 10.1. The highest BCUT2D eigenvalue weighted by molar-refractivity contribution is 5.96. The Balaban J connectivity index is 1.93. The van der Waals surface area contributed by atoms with E-state index in [0.29, 0.717) is 5.52 Å². The van der Waals surface area contributed by atoms with Crippen LogP contribution in [0.5, 0.6) is 0 Å². The molecule has 2 heterocycles. The molecule has 1 N–H and O–H groups in total. The van der Waals surface area contributed by atoms with Crippen molar-refractivity contribution in [3.05, 3.63) is 40.6 Å². The number of hydrogen-bond donors (Lipinski definition) is 1. The van der Waals surface area contributed by atoms with E-state index >= 15 is 0 Å². The van der Waals surface area contributed by atoms with Gasteiger partial charge >= 0.3 is 0 Å². The van der Waals surface area contributed by atoms with Gasteiger partial charge in [-0.1, -0.05) is 0 Å². The van der Waals surface area contributed by atoms with Gasteiger partial charge in [0.15, 0.2) is 0 Å². The zero-order valence-electron chi connectivity index (χ0n) is 11.8. The predicted molar refractivity (Wildman–Crippen MR) is 81.1 cm³/mol. The summed E-state index contributed by atoms with van der Waals surface area (Å²) in [6.45, 7) is 3.82. The molecule has 0 aliphatic carbocycles. The van der Waals surface area contributed by atoms with Crippen LogP contribution in [0.3, 0.4) is 0 Å². The van der Waals surface area contributed by atoms with Gasteiger partial charge < -0.3 is 10.3 Å². The van der Waals surface area contributed by atoms with Gasteiger partial charge in [-0.05, 0) is 25.2 Å². The molecule has 0 radical (unpaired) electrons. The summed E-state index contributed by atoms with van der Waals surface area (Å²) in [5.41, 5.74) is 4.66. The molecule has 3 rings (SSSR count). The van der Waals surface area contributed by atoms with E-state index < -0.39 is 4.92 Å². The lowest BCUT2D eigenvalue weighted by Gasteiger charge is -2.33. The third-order valence-corrected chi connectivity index (χ3v) is 3.73. The van der Waals surface area contributed by atoms with Crippen molar-refractivity contribution in [2.24, 2.45) is 0 Å². The fourth-order valence-corrected chi connectivity index (χ4v) is 2.49. The molecule has 0 spiro atoms. The van der Waals surface area contributed by atoms with Crippen LogP contribution in [0.15, 0.2) is 30.5 Å². The van der Waals surface area contributed by atoms with E-state index in [1.165, 1.54) is 6.07 Å². The average molecular weight is 287 g/mol. The number of aromatic nitrogens is 1. The Labute approximate surface area is 122 Å². The van der Waals surface area contributed by atoms with Crippen LogP contribution < -0.4 is 5.43 Å². The summed E-state index contributed by atoms with van der Waals surface area (Å²) in [6.07, 6.45) is 1.58. The highest BCUT2D eigenvalue weighted by atomic mass is 16.6. The Kier molecular flexibility index (Phi) is 3.68. The van der Waals surface area contributed by atoms with Gasteiger partial charge in [0, 0.05) is 43.8 Å². The summed E-state index contributed by atoms with van der Waals surface area (Å²) in [7, 11) is 2.10. The highest BCUT2D eigenvalue weighted by Gasteiger charge is 2.18. The molecule has 2 aromatic rings. The van der Waals surface area contributed by atoms with Crippen molar-refractivity contribution < 1.29 is 4.92 Å². The maximum Gasteiger partial charge on any atom is 0.295 e. The van der Waals surface area contributed by atoms with Gasteiger partial charge in [0.25, 0.3) is 5.69 Å². The Morgan fingerprint density at radius 1 is 1.24 bits per heavy atom. The second-order valence-corrected chi connectivity index (χ2v) is 5.19. The van der Waals surface area contributed by atoms with Crippen LogP contribution in [0.25, 0.3) is 10.9 Å². The molecule has 0 amide bonds. The summed E-state index contributed by atoms with van der Waals surface area (Å²) in [5, 5.41) is 14.0. The zero-order chi connectivity index (χ0) is 14.8. The molecule has 0 saturated carbocycles. The van der Waals surface area contributed by atoms with E-state index in [2.05, 4.69) is 27.4 Å². The van der Waals surface area contributed by atoms with Crippen molar-refractivity contribution in [2.75, 3.05) is 38.7 Å². The first-order valence-corrected chi connectivity index (χ1v) is 6.87. The largest absolute Gasteiger partial charge is 0.318 e. The molecule has 21 heavy (non-hydrogen) atoms. The van der Waals surface area contributed by atoms with Gasteiger partial charge in [-0.2, -0.15) is 0 Å². The normalized spacial score (nSPS) is 17.0. The third kappa shape index (κ3) is 2.79. The Bertz CT molecular complexity index is 667. The van der Waals surface area contributed by atoms with E-state index in [0.717, 1.165) is 37.3 Å². The Hall–Kier alpha value is -2.25. The minimum Gasteiger partial charge on any atom is -0.318 e. The van der Waals surface area contributed by atoms with E-state index in [-0.39, 0.29) is 5.69 Å². The molecule has 1 aliphatic rings. The van der Waals surface area contributed by atoms with Crippen LogP contribution >= 0.6 is 0 Å². The Morgan fingerprint density at radius 2 is 2.00 bits per heavy atom. The van der Waals surface area contributed by atoms with Gasteiger partial charge in [0.2, 0.25) is 0 Å². The van der Waals surface area contributed by atoms with Crippen molar-refractivity contribution in [3.63, 3.8) is 0 Å². The SMILES string of the molecule is CN1CCN(Nc2ccc([N+](=O)[O-])c3ncccc23)CC1. The summed E-state index contributed by atoms with van der Waals surface area (Å²) in [4.78, 5) is 17.1. The maximum absolute atomic E-state index is 11.1. The standard InChI is InChI=1S/C14H17N5O2/c1-17-7-9-18(10-8-17)16-12-4-5-13(19(20)21)14-11(12)3-2-6-15-14/h2-6,16H,7-10H2,1H3. The highest BCUT2D eigenvalue weighted by Crippen LogP contribution is 2.29. The van der Waals surface area contributed by atoms with E-state index in [4.69, 9.17) is 0 Å². The number of nitro groups is 1. The fraction of sp³-hybridized carbons (Fsp3) is 0.357. The van der Waals surface area contributed by atoms with Gasteiger partial charge in [-0.3, -0.25) is 10.1 Å². The second kappa shape index (κ2) is 5.63. The van der Waals surface area contributed by atoms with Crippen LogP contribution in [0.2, 0.25) is 0 Å². The number of nitrogens with zero attached hydrogens (tertiary/aromatic N) is 4. The van der Waals surface area contributed by atoms with Gasteiger partial charge in [0.05, 0.1) is 10.6 Å². The summed E-state index contributed by atoms with van der Waals surface area (Å²) in [5.74, 6) is 0. The van der Waals surface area contributed by atoms with Crippen LogP contribution in [0.1, 0.15) is 0 Å². The third-order valence-electron chi connectivity index (χ3n) is 3.73. The number of nitro benzene ring substituents is 1. The number of anilines is 1. The summed E-state index contributed by atoms with van der Waals surface area (Å²) < 4.78 is 0. The quantitative estimate of drug-likeness (QED) is 0.684. The molecule has 1 aromatic carbocycles. The Morgan fingerprint density at radius 3 is 2.71 bits per heavy atom. The average Bonchev–Trinajstić information content (AvgIpc) is 2.49. The number of rotatable bonds is 3. The van der Waals surface area contributed by atoms with E-state index in [1.807, 2.05) is 6.07 Å². The maximum atomic E-state index is 11.1. The van der Waals surface area contributed by atoms with E-state index in [1.54, 1.807) is 18.3 Å². The molecular formula is C14H17N5O2. The molecule has 0 atom stereocenters. The molecule has 110 valence electrons. The second-order valence-electron chi connectivity index (χ2n) is 5.19. The molecule has 0 bridgehead atoms. The van der Waals surface area contributed by atoms with E-state index in [9.17, 15) is 10.1 Å². The molecule has 7 nitrogen and oxygen atoms in total. The minimum absolute atomic E-state index is 0.0366. The fourth-order valence-electron chi connectivity index (χ4n) is 2.49. The number of pyridine rings is 1. The number of piperazine rings is 1. The minimum atomic E-state index is -0.394. The van der Waals surface area contributed by atoms with Crippen molar-refractivity contribution in [2.45, 2.75) is 0 Å². The molecule has 1 saturated heterocycles. The van der Waals surface area contributed by atoms with Gasteiger partial charge in [-0.25, -0.2) is 9.99 Å². The lowest BCUT2D eigenvalue weighted by Crippen LogP contribution is -2.46. The number of fused-ring (bicyclic) bond motifs is 1. The predicted octanol–water partition coefficient (Wildman–Crippen LogP) is 1.72. The van der Waals surface area contributed by atoms with Gasteiger partial charge in [-0.15, -0.1) is 0 Å². The number of likely N-dealkylation sites (N-methyl/N-ethyl adjacent to an activating group) is 1. The molecule has 1 fully saturated rings. The molecule has 7 heteroatoms. The number of hydrazine groups is 1. The number of hydrogen-bond acceptors (Lipinski definition) is 6. The number of non-ortho nitro benzene ring substituents is 1. The van der Waals surface area contributed by atoms with Gasteiger partial charge in [0.1, 0.15) is 5.52 Å². The number of benzene rings is 1. The van der Waals surface area contributed by atoms with Crippen molar-refractivity contribution in [3.8, 4) is 0 Å². The van der Waals surface area contributed by atoms with Crippen molar-refractivity contribution >= 4 is 22.3 Å². The monoisotopic (exact) mass is 287 g/mol.